The molecule has 0 saturated carbocycles. The minimum absolute atomic E-state index is 0.243. The first-order valence-corrected chi connectivity index (χ1v) is 10.2. The standard InChI is InChI=1S/C21H14BrCl2FN2O2/c22-18-3-1-2-17-19(18)21(27(20(17)28)29-12-25,13-4-6-14(23)7-5-13)10-16-9-8-15(24)11-26-16/h1-9,11H,10,12H2/t21-/m1/s1. The van der Waals surface area contributed by atoms with Crippen molar-refractivity contribution in [3.05, 3.63) is 97.7 Å². The largest absolute Gasteiger partial charge is 0.279 e. The predicted molar refractivity (Wildman–Crippen MR) is 113 cm³/mol. The number of hydrogen-bond acceptors (Lipinski definition) is 3. The summed E-state index contributed by atoms with van der Waals surface area (Å²) in [5, 5.41) is 2.14. The van der Waals surface area contributed by atoms with Crippen LogP contribution in [0.3, 0.4) is 0 Å². The molecule has 3 aromatic rings. The summed E-state index contributed by atoms with van der Waals surface area (Å²) in [4.78, 5) is 22.8. The maximum atomic E-state index is 13.4. The van der Waals surface area contributed by atoms with Crippen LogP contribution in [-0.4, -0.2) is 22.8 Å². The Balaban J connectivity index is 2.01. The molecule has 2 heterocycles. The van der Waals surface area contributed by atoms with E-state index in [4.69, 9.17) is 28.0 Å². The number of nitrogens with zero attached hydrogens (tertiary/aromatic N) is 2. The zero-order valence-corrected chi connectivity index (χ0v) is 18.0. The van der Waals surface area contributed by atoms with Gasteiger partial charge in [0.2, 0.25) is 6.86 Å². The summed E-state index contributed by atoms with van der Waals surface area (Å²) in [6.07, 6.45) is 1.78. The molecule has 4 rings (SSSR count). The second-order valence-corrected chi connectivity index (χ2v) is 8.24. The van der Waals surface area contributed by atoms with Crippen molar-refractivity contribution in [1.82, 2.24) is 10.0 Å². The average Bonchev–Trinajstić information content (AvgIpc) is 2.95. The number of rotatable bonds is 5. The van der Waals surface area contributed by atoms with Gasteiger partial charge < -0.3 is 0 Å². The molecule has 0 radical (unpaired) electrons. The lowest BCUT2D eigenvalue weighted by molar-refractivity contribution is -0.196. The summed E-state index contributed by atoms with van der Waals surface area (Å²) >= 11 is 15.6. The maximum Gasteiger partial charge on any atom is 0.279 e. The van der Waals surface area contributed by atoms with Crippen LogP contribution in [0.4, 0.5) is 4.39 Å². The molecule has 1 aliphatic rings. The van der Waals surface area contributed by atoms with E-state index in [0.29, 0.717) is 36.9 Å². The van der Waals surface area contributed by atoms with Crippen LogP contribution in [-0.2, 0) is 16.8 Å². The number of hydroxylamine groups is 2. The van der Waals surface area contributed by atoms with Crippen molar-refractivity contribution < 1.29 is 14.0 Å². The molecule has 8 heteroatoms. The fraction of sp³-hybridized carbons (Fsp3) is 0.143. The summed E-state index contributed by atoms with van der Waals surface area (Å²) in [6, 6.07) is 15.8. The first-order valence-electron chi connectivity index (χ1n) is 8.66. The normalized spacial score (nSPS) is 18.2. The molecule has 0 aliphatic carbocycles. The van der Waals surface area contributed by atoms with Crippen LogP contribution in [0.2, 0.25) is 10.0 Å². The number of benzene rings is 2. The number of alkyl halides is 1. The molecule has 2 aromatic carbocycles. The van der Waals surface area contributed by atoms with Gasteiger partial charge >= 0.3 is 0 Å². The lowest BCUT2D eigenvalue weighted by Crippen LogP contribution is -2.46. The lowest BCUT2D eigenvalue weighted by Gasteiger charge is -2.38. The smallest absolute Gasteiger partial charge is 0.267 e. The Morgan fingerprint density at radius 3 is 2.45 bits per heavy atom. The van der Waals surface area contributed by atoms with Crippen molar-refractivity contribution in [3.63, 3.8) is 0 Å². The van der Waals surface area contributed by atoms with Crippen LogP contribution in [0.5, 0.6) is 0 Å². The van der Waals surface area contributed by atoms with Crippen LogP contribution in [0.25, 0.3) is 0 Å². The van der Waals surface area contributed by atoms with Gasteiger partial charge in [0, 0.05) is 38.9 Å². The zero-order valence-electron chi connectivity index (χ0n) is 14.9. The molecular formula is C21H14BrCl2FN2O2. The van der Waals surface area contributed by atoms with E-state index in [2.05, 4.69) is 20.9 Å². The molecule has 1 atom stereocenters. The minimum Gasteiger partial charge on any atom is -0.267 e. The highest BCUT2D eigenvalue weighted by molar-refractivity contribution is 9.10. The second kappa shape index (κ2) is 8.03. The monoisotopic (exact) mass is 494 g/mol. The number of fused-ring (bicyclic) bond motifs is 1. The van der Waals surface area contributed by atoms with Gasteiger partial charge in [-0.1, -0.05) is 57.3 Å². The molecule has 0 fully saturated rings. The van der Waals surface area contributed by atoms with E-state index in [1.807, 2.05) is 6.07 Å². The molecule has 1 aromatic heterocycles. The van der Waals surface area contributed by atoms with E-state index in [0.717, 1.165) is 5.06 Å². The molecular weight excluding hydrogens is 482 g/mol. The van der Waals surface area contributed by atoms with Gasteiger partial charge in [-0.05, 0) is 42.0 Å². The Morgan fingerprint density at radius 2 is 1.79 bits per heavy atom. The molecule has 0 N–H and O–H groups in total. The van der Waals surface area contributed by atoms with Gasteiger partial charge in [-0.15, -0.1) is 0 Å². The van der Waals surface area contributed by atoms with Crippen molar-refractivity contribution in [2.45, 2.75) is 12.0 Å². The van der Waals surface area contributed by atoms with Gasteiger partial charge in [0.1, 0.15) is 5.54 Å². The summed E-state index contributed by atoms with van der Waals surface area (Å²) in [7, 11) is 0. The highest BCUT2D eigenvalue weighted by Crippen LogP contribution is 2.49. The van der Waals surface area contributed by atoms with Crippen LogP contribution in [0, 0.1) is 0 Å². The number of amides is 1. The van der Waals surface area contributed by atoms with E-state index in [1.165, 1.54) is 6.20 Å². The number of carbonyl (C=O) groups excluding carboxylic acids is 1. The Morgan fingerprint density at radius 1 is 1.07 bits per heavy atom. The Hall–Kier alpha value is -1.99. The molecule has 0 unspecified atom stereocenters. The van der Waals surface area contributed by atoms with Crippen molar-refractivity contribution in [2.24, 2.45) is 0 Å². The molecule has 29 heavy (non-hydrogen) atoms. The highest BCUT2D eigenvalue weighted by Gasteiger charge is 2.53. The third-order valence-electron chi connectivity index (χ3n) is 4.91. The number of halogens is 4. The number of pyridine rings is 1. The summed E-state index contributed by atoms with van der Waals surface area (Å²) in [6.45, 7) is -1.15. The molecule has 1 amide bonds. The van der Waals surface area contributed by atoms with E-state index >= 15 is 0 Å². The molecule has 0 spiro atoms. The van der Waals surface area contributed by atoms with E-state index in [9.17, 15) is 9.18 Å². The maximum absolute atomic E-state index is 13.4. The van der Waals surface area contributed by atoms with Crippen LogP contribution >= 0.6 is 39.1 Å². The third kappa shape index (κ3) is 3.44. The fourth-order valence-electron chi connectivity index (χ4n) is 3.75. The second-order valence-electron chi connectivity index (χ2n) is 6.51. The summed E-state index contributed by atoms with van der Waals surface area (Å²) in [5.74, 6) is -0.428. The van der Waals surface area contributed by atoms with Gasteiger partial charge in [-0.25, -0.2) is 9.23 Å². The molecule has 148 valence electrons. The fourth-order valence-corrected chi connectivity index (χ4v) is 4.68. The van der Waals surface area contributed by atoms with E-state index in [1.54, 1.807) is 48.5 Å². The van der Waals surface area contributed by atoms with Crippen molar-refractivity contribution in [1.29, 1.82) is 0 Å². The van der Waals surface area contributed by atoms with Gasteiger partial charge in [-0.2, -0.15) is 5.06 Å². The zero-order chi connectivity index (χ0) is 20.6. The minimum atomic E-state index is -1.15. The number of hydrogen-bond donors (Lipinski definition) is 0. The van der Waals surface area contributed by atoms with Gasteiger partial charge in [-0.3, -0.25) is 9.78 Å². The quantitative estimate of drug-likeness (QED) is 0.439. The molecule has 0 bridgehead atoms. The predicted octanol–water partition coefficient (Wildman–Crippen LogP) is 5.95. The van der Waals surface area contributed by atoms with E-state index < -0.39 is 18.3 Å². The summed E-state index contributed by atoms with van der Waals surface area (Å²) in [5.41, 5.74) is 1.33. The molecule has 0 saturated heterocycles. The van der Waals surface area contributed by atoms with Crippen molar-refractivity contribution in [3.8, 4) is 0 Å². The first-order chi connectivity index (χ1) is 14.0. The van der Waals surface area contributed by atoms with Gasteiger partial charge in [0.25, 0.3) is 5.91 Å². The lowest BCUT2D eigenvalue weighted by atomic mass is 9.79. The number of aromatic nitrogens is 1. The van der Waals surface area contributed by atoms with E-state index in [-0.39, 0.29) is 6.42 Å². The Kier molecular flexibility index (Phi) is 5.62. The SMILES string of the molecule is O=C1c2cccc(Br)c2[C@@](Cc2ccc(Cl)cn2)(c2ccc(Cl)cc2)N1OCF. The van der Waals surface area contributed by atoms with Crippen LogP contribution < -0.4 is 0 Å². The van der Waals surface area contributed by atoms with Gasteiger partial charge in [0.15, 0.2) is 0 Å². The third-order valence-corrected chi connectivity index (χ3v) is 6.05. The van der Waals surface area contributed by atoms with Crippen molar-refractivity contribution in [2.75, 3.05) is 6.86 Å². The number of carbonyl (C=O) groups is 1. The van der Waals surface area contributed by atoms with Crippen LogP contribution in [0.15, 0.2) is 65.3 Å². The molecule has 1 aliphatic heterocycles. The van der Waals surface area contributed by atoms with Gasteiger partial charge in [0.05, 0.1) is 5.02 Å². The Bertz CT molecular complexity index is 1060. The topological polar surface area (TPSA) is 42.4 Å². The average molecular weight is 496 g/mol. The highest BCUT2D eigenvalue weighted by atomic mass is 79.9. The van der Waals surface area contributed by atoms with Crippen LogP contribution in [0.1, 0.15) is 27.2 Å². The first kappa shape index (κ1) is 20.3. The summed E-state index contributed by atoms with van der Waals surface area (Å²) < 4.78 is 14.1. The Labute approximate surface area is 185 Å². The van der Waals surface area contributed by atoms with Crippen molar-refractivity contribution >= 4 is 45.0 Å². The molecule has 4 nitrogen and oxygen atoms in total.